The first-order valence-corrected chi connectivity index (χ1v) is 14.0. The Morgan fingerprint density at radius 2 is 0.700 bits per heavy atom. The average molecular weight is 421 g/mol. The second kappa shape index (κ2) is 20.3. The highest BCUT2D eigenvalue weighted by Gasteiger charge is 2.20. The molecule has 0 aromatic rings. The molecule has 1 aliphatic heterocycles. The molecule has 0 bridgehead atoms. The standard InChI is InChI=1S/C28H56N2/c1-4-6-8-10-11-12-13-14-15-16-17-18-19-21-23-25-30-27-26-29(28(30)3)24-22-20-9-7-5-2/h26-28H,4-25H2,1-3H3. The van der Waals surface area contributed by atoms with E-state index < -0.39 is 0 Å². The quantitative estimate of drug-likeness (QED) is 0.161. The van der Waals surface area contributed by atoms with Crippen LogP contribution in [0.15, 0.2) is 12.4 Å². The van der Waals surface area contributed by atoms with Gasteiger partial charge in [0.25, 0.3) is 0 Å². The van der Waals surface area contributed by atoms with E-state index >= 15 is 0 Å². The Balaban J connectivity index is 1.83. The molecule has 1 unspecified atom stereocenters. The van der Waals surface area contributed by atoms with Crippen molar-refractivity contribution in [2.24, 2.45) is 0 Å². The Morgan fingerprint density at radius 1 is 0.433 bits per heavy atom. The van der Waals surface area contributed by atoms with Crippen molar-refractivity contribution in [2.75, 3.05) is 13.1 Å². The molecule has 1 rings (SSSR count). The summed E-state index contributed by atoms with van der Waals surface area (Å²) in [7, 11) is 0. The topological polar surface area (TPSA) is 6.48 Å². The van der Waals surface area contributed by atoms with Gasteiger partial charge in [0.15, 0.2) is 0 Å². The number of hydrogen-bond donors (Lipinski definition) is 0. The third-order valence-corrected chi connectivity index (χ3v) is 6.95. The Labute approximate surface area is 190 Å². The van der Waals surface area contributed by atoms with E-state index in [4.69, 9.17) is 0 Å². The minimum atomic E-state index is 0.572. The van der Waals surface area contributed by atoms with Crippen molar-refractivity contribution in [3.8, 4) is 0 Å². The molecule has 30 heavy (non-hydrogen) atoms. The first-order chi connectivity index (χ1) is 14.8. The molecule has 0 saturated heterocycles. The maximum Gasteiger partial charge on any atom is 0.0977 e. The van der Waals surface area contributed by atoms with Gasteiger partial charge in [-0.1, -0.05) is 129 Å². The first kappa shape index (κ1) is 27.4. The van der Waals surface area contributed by atoms with E-state index in [1.165, 1.54) is 142 Å². The van der Waals surface area contributed by atoms with E-state index in [1.54, 1.807) is 0 Å². The Kier molecular flexibility index (Phi) is 18.5. The molecule has 0 aromatic heterocycles. The highest BCUT2D eigenvalue weighted by Crippen LogP contribution is 2.18. The number of unbranched alkanes of at least 4 members (excludes halogenated alkanes) is 18. The largest absolute Gasteiger partial charge is 0.356 e. The van der Waals surface area contributed by atoms with Gasteiger partial charge in [-0.15, -0.1) is 0 Å². The molecular weight excluding hydrogens is 364 g/mol. The molecule has 1 atom stereocenters. The van der Waals surface area contributed by atoms with E-state index in [0.717, 1.165) is 0 Å². The van der Waals surface area contributed by atoms with Crippen molar-refractivity contribution in [3.05, 3.63) is 12.4 Å². The first-order valence-electron chi connectivity index (χ1n) is 14.0. The van der Waals surface area contributed by atoms with Crippen molar-refractivity contribution in [3.63, 3.8) is 0 Å². The van der Waals surface area contributed by atoms with Gasteiger partial charge in [0, 0.05) is 25.5 Å². The lowest BCUT2D eigenvalue weighted by molar-refractivity contribution is 0.165. The van der Waals surface area contributed by atoms with Gasteiger partial charge >= 0.3 is 0 Å². The molecule has 0 fully saturated rings. The third-order valence-electron chi connectivity index (χ3n) is 6.95. The van der Waals surface area contributed by atoms with Crippen LogP contribution >= 0.6 is 0 Å². The van der Waals surface area contributed by atoms with Crippen molar-refractivity contribution < 1.29 is 0 Å². The lowest BCUT2D eigenvalue weighted by Crippen LogP contribution is -2.36. The fourth-order valence-corrected chi connectivity index (χ4v) is 4.70. The van der Waals surface area contributed by atoms with Crippen LogP contribution < -0.4 is 0 Å². The maximum atomic E-state index is 2.55. The van der Waals surface area contributed by atoms with E-state index in [2.05, 4.69) is 43.0 Å². The molecule has 0 amide bonds. The number of rotatable bonds is 22. The highest BCUT2D eigenvalue weighted by molar-refractivity contribution is 4.95. The van der Waals surface area contributed by atoms with Crippen LogP contribution in [0.2, 0.25) is 0 Å². The number of nitrogens with zero attached hydrogens (tertiary/aromatic N) is 2. The van der Waals surface area contributed by atoms with Crippen LogP contribution in [0.3, 0.4) is 0 Å². The smallest absolute Gasteiger partial charge is 0.0977 e. The Bertz CT molecular complexity index is 379. The van der Waals surface area contributed by atoms with Gasteiger partial charge in [-0.3, -0.25) is 0 Å². The predicted molar refractivity (Wildman–Crippen MR) is 136 cm³/mol. The van der Waals surface area contributed by atoms with Gasteiger partial charge in [0.1, 0.15) is 0 Å². The van der Waals surface area contributed by atoms with Crippen LogP contribution in [0.5, 0.6) is 0 Å². The van der Waals surface area contributed by atoms with Gasteiger partial charge in [0.05, 0.1) is 6.17 Å². The van der Waals surface area contributed by atoms with Crippen molar-refractivity contribution in [1.82, 2.24) is 9.80 Å². The summed E-state index contributed by atoms with van der Waals surface area (Å²) in [6.07, 6.45) is 33.8. The van der Waals surface area contributed by atoms with Crippen LogP contribution in [0.4, 0.5) is 0 Å². The van der Waals surface area contributed by atoms with E-state index in [-0.39, 0.29) is 0 Å². The predicted octanol–water partition coefficient (Wildman–Crippen LogP) is 9.26. The lowest BCUT2D eigenvalue weighted by atomic mass is 10.0. The monoisotopic (exact) mass is 420 g/mol. The summed E-state index contributed by atoms with van der Waals surface area (Å²) in [6.45, 7) is 9.44. The SMILES string of the molecule is CCCCCCCCCCCCCCCCCN1C=CN(CCCCCCC)C1C. The third kappa shape index (κ3) is 14.4. The fraction of sp³-hybridized carbons (Fsp3) is 0.929. The molecule has 0 radical (unpaired) electrons. The van der Waals surface area contributed by atoms with E-state index in [9.17, 15) is 0 Å². The molecule has 0 spiro atoms. The van der Waals surface area contributed by atoms with Crippen molar-refractivity contribution in [1.29, 1.82) is 0 Å². The molecule has 0 aromatic carbocycles. The zero-order valence-electron chi connectivity index (χ0n) is 21.2. The molecule has 1 heterocycles. The second-order valence-corrected chi connectivity index (χ2v) is 9.77. The summed E-state index contributed by atoms with van der Waals surface area (Å²) in [5.41, 5.74) is 0. The summed E-state index contributed by atoms with van der Waals surface area (Å²) in [5.74, 6) is 0. The van der Waals surface area contributed by atoms with Gasteiger partial charge in [-0.25, -0.2) is 0 Å². The Morgan fingerprint density at radius 3 is 1.00 bits per heavy atom. The minimum absolute atomic E-state index is 0.572. The second-order valence-electron chi connectivity index (χ2n) is 9.77. The van der Waals surface area contributed by atoms with Gasteiger partial charge in [-0.05, 0) is 19.8 Å². The van der Waals surface area contributed by atoms with Crippen LogP contribution in [-0.4, -0.2) is 29.1 Å². The summed E-state index contributed by atoms with van der Waals surface area (Å²) < 4.78 is 0. The van der Waals surface area contributed by atoms with Gasteiger partial charge < -0.3 is 9.80 Å². The summed E-state index contributed by atoms with van der Waals surface area (Å²) >= 11 is 0. The normalized spacial score (nSPS) is 16.2. The van der Waals surface area contributed by atoms with E-state index in [0.29, 0.717) is 6.17 Å². The number of hydrogen-bond acceptors (Lipinski definition) is 2. The molecule has 0 saturated carbocycles. The van der Waals surface area contributed by atoms with Crippen LogP contribution in [0.25, 0.3) is 0 Å². The van der Waals surface area contributed by atoms with Gasteiger partial charge in [-0.2, -0.15) is 0 Å². The molecule has 2 nitrogen and oxygen atoms in total. The van der Waals surface area contributed by atoms with E-state index in [1.807, 2.05) is 0 Å². The van der Waals surface area contributed by atoms with Crippen LogP contribution in [0, 0.1) is 0 Å². The molecule has 1 aliphatic rings. The van der Waals surface area contributed by atoms with Crippen molar-refractivity contribution >= 4 is 0 Å². The van der Waals surface area contributed by atoms with Gasteiger partial charge in [0.2, 0.25) is 0 Å². The lowest BCUT2D eigenvalue weighted by Gasteiger charge is -2.30. The summed E-state index contributed by atoms with van der Waals surface area (Å²) in [4.78, 5) is 5.09. The Hall–Kier alpha value is -0.660. The average Bonchev–Trinajstić information content (AvgIpc) is 3.10. The molecule has 178 valence electrons. The zero-order valence-corrected chi connectivity index (χ0v) is 21.2. The molecule has 0 aliphatic carbocycles. The highest BCUT2D eigenvalue weighted by atomic mass is 15.4. The summed E-state index contributed by atoms with van der Waals surface area (Å²) in [5, 5.41) is 0. The van der Waals surface area contributed by atoms with Crippen LogP contribution in [-0.2, 0) is 0 Å². The fourth-order valence-electron chi connectivity index (χ4n) is 4.70. The maximum absolute atomic E-state index is 2.55. The molecular formula is C28H56N2. The minimum Gasteiger partial charge on any atom is -0.356 e. The zero-order chi connectivity index (χ0) is 21.7. The van der Waals surface area contributed by atoms with Crippen LogP contribution in [0.1, 0.15) is 149 Å². The molecule has 2 heteroatoms. The summed E-state index contributed by atoms with van der Waals surface area (Å²) in [6, 6.07) is 0. The molecule has 0 N–H and O–H groups in total. The van der Waals surface area contributed by atoms with Crippen molar-refractivity contribution in [2.45, 2.75) is 155 Å².